The molecule has 0 saturated carbocycles. The molecular weight excluding hydrogens is 404 g/mol. The van der Waals surface area contributed by atoms with E-state index in [1.165, 1.54) is 22.3 Å². The highest BCUT2D eigenvalue weighted by molar-refractivity contribution is 6.02. The molecule has 0 bridgehead atoms. The number of amidine groups is 1. The zero-order valence-corrected chi connectivity index (χ0v) is 19.6. The van der Waals surface area contributed by atoms with Gasteiger partial charge in [-0.3, -0.25) is 4.99 Å². The summed E-state index contributed by atoms with van der Waals surface area (Å²) in [5.74, 6) is 0.987. The average molecular weight is 439 g/mol. The number of aryl methyl sites for hydroxylation is 2. The van der Waals surface area contributed by atoms with Gasteiger partial charge in [0.25, 0.3) is 0 Å². The normalized spacial score (nSPS) is 21.8. The van der Waals surface area contributed by atoms with Gasteiger partial charge in [-0.2, -0.15) is 0 Å². The maximum absolute atomic E-state index is 12.5. The van der Waals surface area contributed by atoms with Gasteiger partial charge < -0.3 is 10.0 Å². The van der Waals surface area contributed by atoms with Gasteiger partial charge in [-0.1, -0.05) is 98.6 Å². The van der Waals surface area contributed by atoms with Gasteiger partial charge in [0.15, 0.2) is 5.72 Å². The molecule has 0 radical (unpaired) electrons. The number of aliphatic hydroxyl groups is 1. The fraction of sp³-hybridized carbons (Fsp3) is 0.367. The highest BCUT2D eigenvalue weighted by Gasteiger charge is 2.50. The van der Waals surface area contributed by atoms with E-state index in [0.29, 0.717) is 0 Å². The van der Waals surface area contributed by atoms with E-state index in [1.807, 2.05) is 0 Å². The van der Waals surface area contributed by atoms with Gasteiger partial charge in [-0.25, -0.2) is 0 Å². The lowest BCUT2D eigenvalue weighted by atomic mass is 9.73. The van der Waals surface area contributed by atoms with Crippen LogP contribution in [-0.2, 0) is 18.6 Å². The van der Waals surface area contributed by atoms with E-state index in [2.05, 4.69) is 90.7 Å². The summed E-state index contributed by atoms with van der Waals surface area (Å²) in [6.45, 7) is 3.89. The first-order chi connectivity index (χ1) is 16.2. The van der Waals surface area contributed by atoms with Crippen LogP contribution in [-0.4, -0.2) is 28.9 Å². The van der Waals surface area contributed by atoms with E-state index in [4.69, 9.17) is 4.99 Å². The van der Waals surface area contributed by atoms with Gasteiger partial charge in [0, 0.05) is 30.1 Å². The Kier molecular flexibility index (Phi) is 6.32. The Hall–Kier alpha value is -2.91. The Bertz CT molecular complexity index is 1110. The van der Waals surface area contributed by atoms with Gasteiger partial charge in [-0.15, -0.1) is 0 Å². The van der Waals surface area contributed by atoms with Gasteiger partial charge in [0.2, 0.25) is 0 Å². The van der Waals surface area contributed by atoms with Crippen molar-refractivity contribution in [2.24, 2.45) is 4.99 Å². The Balaban J connectivity index is 1.50. The Morgan fingerprint density at radius 1 is 0.909 bits per heavy atom. The molecule has 2 heterocycles. The van der Waals surface area contributed by atoms with Crippen molar-refractivity contribution in [3.05, 3.63) is 107 Å². The van der Waals surface area contributed by atoms with Crippen LogP contribution in [0, 0.1) is 0 Å². The lowest BCUT2D eigenvalue weighted by Gasteiger charge is -2.52. The molecule has 1 N–H and O–H groups in total. The topological polar surface area (TPSA) is 35.8 Å². The van der Waals surface area contributed by atoms with E-state index in [9.17, 15) is 5.11 Å². The highest BCUT2D eigenvalue weighted by Crippen LogP contribution is 2.49. The number of unbranched alkanes of at least 4 members (excludes halogenated alkanes) is 1. The summed E-state index contributed by atoms with van der Waals surface area (Å²) >= 11 is 0. The van der Waals surface area contributed by atoms with Crippen LogP contribution in [0.5, 0.6) is 0 Å². The largest absolute Gasteiger partial charge is 0.366 e. The summed E-state index contributed by atoms with van der Waals surface area (Å²) < 4.78 is 0. The number of benzene rings is 3. The summed E-state index contributed by atoms with van der Waals surface area (Å²) in [4.78, 5) is 7.08. The van der Waals surface area contributed by atoms with Crippen molar-refractivity contribution in [3.8, 4) is 0 Å². The summed E-state index contributed by atoms with van der Waals surface area (Å²) in [7, 11) is 0. The molecule has 0 spiro atoms. The van der Waals surface area contributed by atoms with Crippen LogP contribution in [0.2, 0.25) is 0 Å². The summed E-state index contributed by atoms with van der Waals surface area (Å²) in [5, 5.41) is 12.5. The first-order valence-corrected chi connectivity index (χ1v) is 12.5. The molecule has 2 unspecified atom stereocenters. The first-order valence-electron chi connectivity index (χ1n) is 12.5. The number of hydrogen-bond donors (Lipinski definition) is 1. The first kappa shape index (κ1) is 21.9. The molecule has 3 nitrogen and oxygen atoms in total. The second-order valence-corrected chi connectivity index (χ2v) is 9.40. The van der Waals surface area contributed by atoms with Crippen molar-refractivity contribution in [2.75, 3.05) is 13.1 Å². The van der Waals surface area contributed by atoms with E-state index in [-0.39, 0.29) is 5.92 Å². The lowest BCUT2D eigenvalue weighted by molar-refractivity contribution is -0.108. The van der Waals surface area contributed by atoms with Crippen molar-refractivity contribution >= 4 is 5.84 Å². The molecule has 3 aromatic carbocycles. The number of hydrogen-bond acceptors (Lipinski definition) is 3. The fourth-order valence-electron chi connectivity index (χ4n) is 5.55. The number of rotatable bonds is 7. The number of aliphatic imine (C=N–C) groups is 1. The third-order valence-electron chi connectivity index (χ3n) is 7.30. The van der Waals surface area contributed by atoms with Gasteiger partial charge in [0.1, 0.15) is 5.84 Å². The van der Waals surface area contributed by atoms with Crippen molar-refractivity contribution in [2.45, 2.75) is 57.1 Å². The van der Waals surface area contributed by atoms with Gasteiger partial charge in [-0.05, 0) is 42.4 Å². The summed E-state index contributed by atoms with van der Waals surface area (Å²) in [6.07, 6.45) is 6.18. The Labute approximate surface area is 197 Å². The van der Waals surface area contributed by atoms with Crippen molar-refractivity contribution < 1.29 is 5.11 Å². The highest BCUT2D eigenvalue weighted by atomic mass is 16.3. The molecule has 0 saturated heterocycles. The molecule has 5 rings (SSSR count). The van der Waals surface area contributed by atoms with E-state index in [1.54, 1.807) is 0 Å². The molecule has 0 aliphatic carbocycles. The van der Waals surface area contributed by atoms with Crippen LogP contribution in [0.25, 0.3) is 0 Å². The molecule has 0 aromatic heterocycles. The zero-order valence-electron chi connectivity index (χ0n) is 19.6. The number of fused-ring (bicyclic) bond motifs is 3. The molecule has 3 heteroatoms. The third-order valence-corrected chi connectivity index (χ3v) is 7.30. The average Bonchev–Trinajstić information content (AvgIpc) is 2.88. The summed E-state index contributed by atoms with van der Waals surface area (Å²) in [6, 6.07) is 27.9. The lowest BCUT2D eigenvalue weighted by Crippen LogP contribution is -2.58. The van der Waals surface area contributed by atoms with Gasteiger partial charge in [0.05, 0.1) is 0 Å². The minimum atomic E-state index is -1.07. The van der Waals surface area contributed by atoms with E-state index >= 15 is 0 Å². The molecule has 3 aromatic rings. The Morgan fingerprint density at radius 2 is 1.61 bits per heavy atom. The summed E-state index contributed by atoms with van der Waals surface area (Å²) in [5.41, 5.74) is 5.01. The van der Waals surface area contributed by atoms with Crippen LogP contribution in [0.1, 0.15) is 66.3 Å². The molecule has 2 aliphatic heterocycles. The monoisotopic (exact) mass is 438 g/mol. The van der Waals surface area contributed by atoms with E-state index in [0.717, 1.165) is 63.0 Å². The minimum Gasteiger partial charge on any atom is -0.366 e. The maximum atomic E-state index is 12.5. The molecule has 0 amide bonds. The SMILES string of the molecule is CCCCC1c2ccccc2C2=NCCCN2C1(O)c1ccc(CCc2ccccc2)cc1. The predicted molar refractivity (Wildman–Crippen MR) is 136 cm³/mol. The van der Waals surface area contributed by atoms with Crippen LogP contribution in [0.3, 0.4) is 0 Å². The maximum Gasteiger partial charge on any atom is 0.172 e. The second-order valence-electron chi connectivity index (χ2n) is 9.40. The molecule has 2 atom stereocenters. The van der Waals surface area contributed by atoms with Crippen LogP contribution in [0.4, 0.5) is 0 Å². The fourth-order valence-corrected chi connectivity index (χ4v) is 5.55. The van der Waals surface area contributed by atoms with Crippen molar-refractivity contribution in [1.82, 2.24) is 4.90 Å². The van der Waals surface area contributed by atoms with Gasteiger partial charge >= 0.3 is 0 Å². The quantitative estimate of drug-likeness (QED) is 0.487. The molecule has 170 valence electrons. The molecule has 0 fully saturated rings. The standard InChI is InChI=1S/C30H34N2O/c1-2-3-14-28-26-12-7-8-13-27(26)29-31-21-9-22-32(29)30(28,33)25-19-17-24(18-20-25)16-15-23-10-5-4-6-11-23/h4-8,10-13,17-20,28,33H,2-3,9,14-16,21-22H2,1H3. The van der Waals surface area contributed by atoms with E-state index < -0.39 is 5.72 Å². The molecule has 33 heavy (non-hydrogen) atoms. The zero-order chi connectivity index (χ0) is 22.7. The van der Waals surface area contributed by atoms with Crippen molar-refractivity contribution in [1.29, 1.82) is 0 Å². The second kappa shape index (κ2) is 9.52. The molecular formula is C30H34N2O. The minimum absolute atomic E-state index is 0.0286. The number of nitrogens with zero attached hydrogens (tertiary/aromatic N) is 2. The van der Waals surface area contributed by atoms with Crippen LogP contribution in [0.15, 0.2) is 83.9 Å². The smallest absolute Gasteiger partial charge is 0.172 e. The Morgan fingerprint density at radius 3 is 2.36 bits per heavy atom. The molecule has 2 aliphatic rings. The van der Waals surface area contributed by atoms with Crippen LogP contribution < -0.4 is 0 Å². The third kappa shape index (κ3) is 4.11. The van der Waals surface area contributed by atoms with Crippen molar-refractivity contribution in [3.63, 3.8) is 0 Å². The predicted octanol–water partition coefficient (Wildman–Crippen LogP) is 6.06. The van der Waals surface area contributed by atoms with Crippen LogP contribution >= 0.6 is 0 Å².